The number of aromatic nitrogens is 1. The number of pyridine rings is 1. The fraction of sp³-hybridized carbons (Fsp3) is 0.105. The highest BCUT2D eigenvalue weighted by Gasteiger charge is 2.22. The highest BCUT2D eigenvalue weighted by Crippen LogP contribution is 2.23. The number of benzene rings is 2. The van der Waals surface area contributed by atoms with Crippen LogP contribution in [0.1, 0.15) is 33.3 Å². The molecule has 1 heterocycles. The first-order valence-electron chi connectivity index (χ1n) is 7.47. The number of carbonyl (C=O) groups is 2. The van der Waals surface area contributed by atoms with Crippen molar-refractivity contribution >= 4 is 34.3 Å². The van der Waals surface area contributed by atoms with Gasteiger partial charge in [0.05, 0.1) is 17.7 Å². The lowest BCUT2D eigenvalue weighted by molar-refractivity contribution is 0.0517. The average molecular weight is 340 g/mol. The summed E-state index contributed by atoms with van der Waals surface area (Å²) in [6.07, 6.45) is 0. The van der Waals surface area contributed by atoms with E-state index in [1.54, 1.807) is 55.5 Å². The number of ketones is 1. The summed E-state index contributed by atoms with van der Waals surface area (Å²) in [4.78, 5) is 29.4. The molecule has 0 radical (unpaired) electrons. The molecule has 1 aromatic heterocycles. The van der Waals surface area contributed by atoms with E-state index in [1.165, 1.54) is 0 Å². The van der Waals surface area contributed by atoms with Crippen LogP contribution in [0.5, 0.6) is 0 Å². The molecular weight excluding hydrogens is 326 g/mol. The number of halogens is 1. The van der Waals surface area contributed by atoms with E-state index >= 15 is 0 Å². The van der Waals surface area contributed by atoms with Crippen molar-refractivity contribution in [3.05, 3.63) is 76.4 Å². The minimum Gasteiger partial charge on any atom is -0.461 e. The molecular formula is C19H14ClNO3. The largest absolute Gasteiger partial charge is 0.461 e. The Morgan fingerprint density at radius 1 is 1.08 bits per heavy atom. The third-order valence-corrected chi connectivity index (χ3v) is 3.76. The van der Waals surface area contributed by atoms with Crippen LogP contribution in [0.4, 0.5) is 0 Å². The monoisotopic (exact) mass is 339 g/mol. The van der Waals surface area contributed by atoms with Gasteiger partial charge in [-0.1, -0.05) is 41.9 Å². The van der Waals surface area contributed by atoms with Crippen molar-refractivity contribution in [2.24, 2.45) is 0 Å². The Morgan fingerprint density at radius 2 is 1.83 bits per heavy atom. The first-order valence-corrected chi connectivity index (χ1v) is 7.85. The molecule has 2 aromatic carbocycles. The van der Waals surface area contributed by atoms with Gasteiger partial charge in [0, 0.05) is 16.0 Å². The molecule has 24 heavy (non-hydrogen) atoms. The zero-order valence-electron chi connectivity index (χ0n) is 13.0. The van der Waals surface area contributed by atoms with Gasteiger partial charge in [-0.3, -0.25) is 4.79 Å². The number of nitrogens with zero attached hydrogens (tertiary/aromatic N) is 1. The Morgan fingerprint density at radius 3 is 2.54 bits per heavy atom. The maximum atomic E-state index is 12.8. The van der Waals surface area contributed by atoms with Crippen molar-refractivity contribution < 1.29 is 14.3 Å². The van der Waals surface area contributed by atoms with Crippen molar-refractivity contribution in [2.75, 3.05) is 6.61 Å². The van der Waals surface area contributed by atoms with E-state index in [1.807, 2.05) is 6.07 Å². The van der Waals surface area contributed by atoms with Gasteiger partial charge in [0.2, 0.25) is 0 Å². The Hall–Kier alpha value is -2.72. The minimum atomic E-state index is -0.617. The molecule has 0 unspecified atom stereocenters. The third kappa shape index (κ3) is 3.14. The maximum absolute atomic E-state index is 12.8. The summed E-state index contributed by atoms with van der Waals surface area (Å²) in [5.41, 5.74) is 1.27. The van der Waals surface area contributed by atoms with E-state index < -0.39 is 5.97 Å². The summed E-state index contributed by atoms with van der Waals surface area (Å²) in [6.45, 7) is 1.91. The number of carbonyl (C=O) groups excluding carboxylic acids is 2. The number of rotatable bonds is 4. The smallest absolute Gasteiger partial charge is 0.357 e. The van der Waals surface area contributed by atoms with Crippen molar-refractivity contribution in [3.8, 4) is 0 Å². The van der Waals surface area contributed by atoms with Crippen LogP contribution in [0.15, 0.2) is 54.6 Å². The number of hydrogen-bond acceptors (Lipinski definition) is 4. The number of hydrogen-bond donors (Lipinski definition) is 0. The van der Waals surface area contributed by atoms with Crippen LogP contribution < -0.4 is 0 Å². The molecule has 5 heteroatoms. The predicted octanol–water partition coefficient (Wildman–Crippen LogP) is 4.30. The van der Waals surface area contributed by atoms with Crippen molar-refractivity contribution in [2.45, 2.75) is 6.92 Å². The minimum absolute atomic E-state index is 0.0144. The van der Waals surface area contributed by atoms with Crippen LogP contribution in [0.2, 0.25) is 5.02 Å². The summed E-state index contributed by atoms with van der Waals surface area (Å²) in [5.74, 6) is -0.901. The Kier molecular flexibility index (Phi) is 4.58. The second kappa shape index (κ2) is 6.81. The van der Waals surface area contributed by atoms with Crippen LogP contribution >= 0.6 is 11.6 Å². The highest BCUT2D eigenvalue weighted by molar-refractivity contribution is 6.31. The zero-order chi connectivity index (χ0) is 17.1. The topological polar surface area (TPSA) is 56.3 Å². The third-order valence-electron chi connectivity index (χ3n) is 3.53. The molecule has 0 aliphatic heterocycles. The molecule has 0 amide bonds. The molecule has 120 valence electrons. The molecule has 0 aliphatic carbocycles. The lowest BCUT2D eigenvalue weighted by Crippen LogP contribution is -2.15. The Labute approximate surface area is 144 Å². The second-order valence-corrected chi connectivity index (χ2v) is 5.57. The van der Waals surface area contributed by atoms with Gasteiger partial charge in [-0.05, 0) is 31.2 Å². The van der Waals surface area contributed by atoms with Gasteiger partial charge < -0.3 is 4.74 Å². The molecule has 3 rings (SSSR count). The molecule has 0 spiro atoms. The van der Waals surface area contributed by atoms with E-state index in [9.17, 15) is 9.59 Å². The van der Waals surface area contributed by atoms with Crippen LogP contribution in [-0.4, -0.2) is 23.3 Å². The van der Waals surface area contributed by atoms with Crippen LogP contribution in [0, 0.1) is 0 Å². The number of fused-ring (bicyclic) bond motifs is 1. The van der Waals surface area contributed by atoms with Gasteiger partial charge in [0.15, 0.2) is 11.5 Å². The quantitative estimate of drug-likeness (QED) is 0.525. The zero-order valence-corrected chi connectivity index (χ0v) is 13.7. The summed E-state index contributed by atoms with van der Waals surface area (Å²) in [7, 11) is 0. The molecule has 0 saturated heterocycles. The van der Waals surface area contributed by atoms with Gasteiger partial charge in [0.25, 0.3) is 0 Å². The standard InChI is InChI=1S/C19H14ClNO3/c1-2-24-19(23)17-15(18(22)12-6-4-3-5-7-12)11-13-10-14(20)8-9-16(13)21-17/h3-11H,2H2,1H3. The fourth-order valence-electron chi connectivity index (χ4n) is 2.42. The van der Waals surface area contributed by atoms with Crippen LogP contribution in [-0.2, 0) is 4.74 Å². The van der Waals surface area contributed by atoms with E-state index in [-0.39, 0.29) is 23.6 Å². The van der Waals surface area contributed by atoms with E-state index in [0.29, 0.717) is 21.5 Å². The molecule has 0 N–H and O–H groups in total. The normalized spacial score (nSPS) is 10.6. The molecule has 0 fully saturated rings. The van der Waals surface area contributed by atoms with Crippen molar-refractivity contribution in [3.63, 3.8) is 0 Å². The van der Waals surface area contributed by atoms with Gasteiger partial charge in [-0.15, -0.1) is 0 Å². The summed E-state index contributed by atoms with van der Waals surface area (Å²) < 4.78 is 5.05. The Balaban J connectivity index is 2.20. The van der Waals surface area contributed by atoms with Gasteiger partial charge in [-0.25, -0.2) is 9.78 Å². The highest BCUT2D eigenvalue weighted by atomic mass is 35.5. The van der Waals surface area contributed by atoms with E-state index in [4.69, 9.17) is 16.3 Å². The lowest BCUT2D eigenvalue weighted by Gasteiger charge is -2.10. The first kappa shape index (κ1) is 16.1. The van der Waals surface area contributed by atoms with Gasteiger partial charge in [-0.2, -0.15) is 0 Å². The first-order chi connectivity index (χ1) is 11.6. The van der Waals surface area contributed by atoms with Crippen LogP contribution in [0.3, 0.4) is 0 Å². The Bertz CT molecular complexity index is 923. The average Bonchev–Trinajstić information content (AvgIpc) is 2.61. The van der Waals surface area contributed by atoms with Gasteiger partial charge in [0.1, 0.15) is 0 Å². The molecule has 3 aromatic rings. The van der Waals surface area contributed by atoms with E-state index in [2.05, 4.69) is 4.98 Å². The summed E-state index contributed by atoms with van der Waals surface area (Å²) >= 11 is 6.02. The summed E-state index contributed by atoms with van der Waals surface area (Å²) in [6, 6.07) is 15.5. The summed E-state index contributed by atoms with van der Waals surface area (Å²) in [5, 5.41) is 1.22. The van der Waals surface area contributed by atoms with Gasteiger partial charge >= 0.3 is 5.97 Å². The SMILES string of the molecule is CCOC(=O)c1nc2ccc(Cl)cc2cc1C(=O)c1ccccc1. The van der Waals surface area contributed by atoms with E-state index in [0.717, 1.165) is 0 Å². The predicted molar refractivity (Wildman–Crippen MR) is 92.6 cm³/mol. The molecule has 0 atom stereocenters. The number of esters is 1. The maximum Gasteiger partial charge on any atom is 0.357 e. The number of ether oxygens (including phenoxy) is 1. The molecule has 0 saturated carbocycles. The van der Waals surface area contributed by atoms with Crippen molar-refractivity contribution in [1.29, 1.82) is 0 Å². The molecule has 4 nitrogen and oxygen atoms in total. The second-order valence-electron chi connectivity index (χ2n) is 5.14. The van der Waals surface area contributed by atoms with Crippen LogP contribution in [0.25, 0.3) is 10.9 Å². The molecule has 0 bridgehead atoms. The molecule has 0 aliphatic rings. The van der Waals surface area contributed by atoms with Crippen molar-refractivity contribution in [1.82, 2.24) is 4.98 Å². The fourth-order valence-corrected chi connectivity index (χ4v) is 2.60. The lowest BCUT2D eigenvalue weighted by atomic mass is 10.00.